The second-order valence-corrected chi connectivity index (χ2v) is 5.85. The number of nitrogens with two attached hydrogens (primary N) is 1. The molecule has 7 heteroatoms. The van der Waals surface area contributed by atoms with Gasteiger partial charge in [-0.2, -0.15) is 4.98 Å². The normalized spacial score (nSPS) is 18.1. The van der Waals surface area contributed by atoms with Gasteiger partial charge in [-0.3, -0.25) is 9.88 Å². The summed E-state index contributed by atoms with van der Waals surface area (Å²) in [5.41, 5.74) is 7.70. The molecule has 3 aromatic heterocycles. The molecule has 3 aromatic rings. The van der Waals surface area contributed by atoms with Crippen LogP contribution >= 0.6 is 0 Å². The van der Waals surface area contributed by atoms with Crippen LogP contribution in [0.1, 0.15) is 30.3 Å². The predicted molar refractivity (Wildman–Crippen MR) is 88.6 cm³/mol. The van der Waals surface area contributed by atoms with Gasteiger partial charge in [0.05, 0.1) is 6.04 Å². The molecule has 0 aromatic carbocycles. The van der Waals surface area contributed by atoms with E-state index in [0.717, 1.165) is 31.5 Å². The van der Waals surface area contributed by atoms with Crippen molar-refractivity contribution in [3.8, 4) is 11.5 Å². The van der Waals surface area contributed by atoms with Crippen LogP contribution in [-0.4, -0.2) is 31.6 Å². The lowest BCUT2D eigenvalue weighted by atomic mass is 10.2. The number of hydrogen-bond donors (Lipinski definition) is 1. The molecule has 122 valence electrons. The summed E-state index contributed by atoms with van der Waals surface area (Å²) in [6.07, 6.45) is 5.51. The number of aromatic nitrogens is 4. The van der Waals surface area contributed by atoms with E-state index in [4.69, 9.17) is 10.3 Å². The van der Waals surface area contributed by atoms with Gasteiger partial charge in [0.1, 0.15) is 11.5 Å². The molecule has 1 aliphatic heterocycles. The van der Waals surface area contributed by atoms with Crippen molar-refractivity contribution in [3.63, 3.8) is 0 Å². The van der Waals surface area contributed by atoms with E-state index in [2.05, 4.69) is 25.0 Å². The Hall–Kier alpha value is -2.80. The van der Waals surface area contributed by atoms with Crippen molar-refractivity contribution in [1.82, 2.24) is 25.0 Å². The average Bonchev–Trinajstić information content (AvgIpc) is 3.27. The molecule has 1 atom stereocenters. The van der Waals surface area contributed by atoms with Gasteiger partial charge in [-0.05, 0) is 37.6 Å². The van der Waals surface area contributed by atoms with Gasteiger partial charge in [-0.25, -0.2) is 4.98 Å². The van der Waals surface area contributed by atoms with Crippen LogP contribution < -0.4 is 5.73 Å². The molecule has 1 unspecified atom stereocenters. The van der Waals surface area contributed by atoms with Crippen molar-refractivity contribution >= 4 is 5.82 Å². The summed E-state index contributed by atoms with van der Waals surface area (Å²) >= 11 is 0. The third kappa shape index (κ3) is 2.85. The van der Waals surface area contributed by atoms with E-state index in [1.165, 1.54) is 0 Å². The molecular weight excluding hydrogens is 304 g/mol. The molecule has 0 bridgehead atoms. The van der Waals surface area contributed by atoms with E-state index in [1.807, 2.05) is 30.3 Å². The molecule has 0 radical (unpaired) electrons. The van der Waals surface area contributed by atoms with Crippen molar-refractivity contribution in [3.05, 3.63) is 54.2 Å². The molecule has 0 aliphatic carbocycles. The molecule has 0 saturated carbocycles. The highest BCUT2D eigenvalue weighted by Gasteiger charge is 2.31. The average molecular weight is 322 g/mol. The van der Waals surface area contributed by atoms with Crippen molar-refractivity contribution in [2.75, 3.05) is 12.3 Å². The Balaban J connectivity index is 1.55. The van der Waals surface area contributed by atoms with Crippen LogP contribution in [0.3, 0.4) is 0 Å². The summed E-state index contributed by atoms with van der Waals surface area (Å²) < 4.78 is 5.51. The minimum absolute atomic E-state index is 0.106. The Bertz CT molecular complexity index is 819. The SMILES string of the molecule is Nc1ncccc1CN1CCCC1c1nc(-c2ccccn2)no1. The maximum atomic E-state index is 5.97. The predicted octanol–water partition coefficient (Wildman–Crippen LogP) is 2.45. The van der Waals surface area contributed by atoms with Gasteiger partial charge < -0.3 is 10.3 Å². The molecule has 1 aliphatic rings. The standard InChI is InChI=1S/C17H18N6O/c18-15-12(5-3-9-20-15)11-23-10-4-7-14(23)17-21-16(22-24-17)13-6-1-2-8-19-13/h1-3,5-6,8-9,14H,4,7,10-11H2,(H2,18,20). The number of pyridine rings is 2. The van der Waals surface area contributed by atoms with Crippen LogP contribution in [0, 0.1) is 0 Å². The van der Waals surface area contributed by atoms with E-state index >= 15 is 0 Å². The zero-order valence-electron chi connectivity index (χ0n) is 13.2. The first-order chi connectivity index (χ1) is 11.8. The molecule has 0 amide bonds. The van der Waals surface area contributed by atoms with Crippen LogP contribution in [0.25, 0.3) is 11.5 Å². The molecule has 0 spiro atoms. The molecular formula is C17H18N6O. The summed E-state index contributed by atoms with van der Waals surface area (Å²) in [6.45, 7) is 1.70. The van der Waals surface area contributed by atoms with Gasteiger partial charge >= 0.3 is 0 Å². The van der Waals surface area contributed by atoms with Gasteiger partial charge in [-0.15, -0.1) is 0 Å². The fourth-order valence-corrected chi connectivity index (χ4v) is 3.07. The summed E-state index contributed by atoms with van der Waals surface area (Å²) in [7, 11) is 0. The highest BCUT2D eigenvalue weighted by Crippen LogP contribution is 2.33. The Morgan fingerprint density at radius 2 is 2.08 bits per heavy atom. The second-order valence-electron chi connectivity index (χ2n) is 5.85. The highest BCUT2D eigenvalue weighted by atomic mass is 16.5. The summed E-state index contributed by atoms with van der Waals surface area (Å²) in [5, 5.41) is 4.08. The lowest BCUT2D eigenvalue weighted by molar-refractivity contribution is 0.201. The van der Waals surface area contributed by atoms with Gasteiger partial charge in [0, 0.05) is 24.5 Å². The van der Waals surface area contributed by atoms with Crippen LogP contribution in [0.15, 0.2) is 47.2 Å². The van der Waals surface area contributed by atoms with Gasteiger partial charge in [-0.1, -0.05) is 17.3 Å². The van der Waals surface area contributed by atoms with E-state index in [1.54, 1.807) is 12.4 Å². The Morgan fingerprint density at radius 1 is 1.17 bits per heavy atom. The zero-order chi connectivity index (χ0) is 16.4. The fraction of sp³-hybridized carbons (Fsp3) is 0.294. The molecule has 1 saturated heterocycles. The maximum Gasteiger partial charge on any atom is 0.244 e. The molecule has 2 N–H and O–H groups in total. The Labute approximate surface area is 139 Å². The minimum Gasteiger partial charge on any atom is -0.383 e. The number of anilines is 1. The van der Waals surface area contributed by atoms with Crippen LogP contribution in [0.5, 0.6) is 0 Å². The third-order valence-corrected chi connectivity index (χ3v) is 4.28. The molecule has 4 rings (SSSR count). The van der Waals surface area contributed by atoms with Crippen molar-refractivity contribution < 1.29 is 4.52 Å². The largest absolute Gasteiger partial charge is 0.383 e. The monoisotopic (exact) mass is 322 g/mol. The third-order valence-electron chi connectivity index (χ3n) is 4.28. The maximum absolute atomic E-state index is 5.97. The number of nitrogen functional groups attached to an aromatic ring is 1. The summed E-state index contributed by atoms with van der Waals surface area (Å²) in [6, 6.07) is 9.66. The van der Waals surface area contributed by atoms with Crippen LogP contribution in [0.2, 0.25) is 0 Å². The first-order valence-electron chi connectivity index (χ1n) is 7.99. The Morgan fingerprint density at radius 3 is 2.92 bits per heavy atom. The van der Waals surface area contributed by atoms with E-state index < -0.39 is 0 Å². The van der Waals surface area contributed by atoms with Gasteiger partial charge in [0.25, 0.3) is 0 Å². The van der Waals surface area contributed by atoms with Crippen LogP contribution in [-0.2, 0) is 6.54 Å². The Kier molecular flexibility index (Phi) is 3.92. The fourth-order valence-electron chi connectivity index (χ4n) is 3.07. The van der Waals surface area contributed by atoms with E-state index in [9.17, 15) is 0 Å². The number of nitrogens with zero attached hydrogens (tertiary/aromatic N) is 5. The first kappa shape index (κ1) is 14.8. The smallest absolute Gasteiger partial charge is 0.244 e. The van der Waals surface area contributed by atoms with Crippen molar-refractivity contribution in [2.24, 2.45) is 0 Å². The molecule has 1 fully saturated rings. The van der Waals surface area contributed by atoms with E-state index in [-0.39, 0.29) is 6.04 Å². The van der Waals surface area contributed by atoms with Crippen molar-refractivity contribution in [2.45, 2.75) is 25.4 Å². The lowest BCUT2D eigenvalue weighted by Crippen LogP contribution is -2.23. The summed E-state index contributed by atoms with van der Waals surface area (Å²) in [5.74, 6) is 1.73. The molecule has 7 nitrogen and oxygen atoms in total. The van der Waals surface area contributed by atoms with Crippen molar-refractivity contribution in [1.29, 1.82) is 0 Å². The van der Waals surface area contributed by atoms with E-state index in [0.29, 0.717) is 23.2 Å². The lowest BCUT2D eigenvalue weighted by Gasteiger charge is -2.21. The first-order valence-corrected chi connectivity index (χ1v) is 7.99. The van der Waals surface area contributed by atoms with Crippen LogP contribution in [0.4, 0.5) is 5.82 Å². The zero-order valence-corrected chi connectivity index (χ0v) is 13.2. The number of hydrogen-bond acceptors (Lipinski definition) is 7. The molecule has 4 heterocycles. The summed E-state index contributed by atoms with van der Waals surface area (Å²) in [4.78, 5) is 15.3. The minimum atomic E-state index is 0.106. The quantitative estimate of drug-likeness (QED) is 0.788. The van der Waals surface area contributed by atoms with Gasteiger partial charge in [0.15, 0.2) is 0 Å². The van der Waals surface area contributed by atoms with Gasteiger partial charge in [0.2, 0.25) is 11.7 Å². The second kappa shape index (κ2) is 6.37. The molecule has 24 heavy (non-hydrogen) atoms. The topological polar surface area (TPSA) is 94.0 Å². The number of likely N-dealkylation sites (tertiary alicyclic amines) is 1. The number of rotatable bonds is 4. The highest BCUT2D eigenvalue weighted by molar-refractivity contribution is 5.47.